The number of pyridine rings is 1. The second kappa shape index (κ2) is 2.62. The Morgan fingerprint density at radius 1 is 1.73 bits per heavy atom. The zero-order valence-corrected chi connectivity index (χ0v) is 6.58. The zero-order valence-electron chi connectivity index (χ0n) is 6.58. The molecular weight excluding hydrogens is 138 g/mol. The number of nitrogens with zero attached hydrogens (tertiary/aromatic N) is 1. The first-order valence-electron chi connectivity index (χ1n) is 3.97. The van der Waals surface area contributed by atoms with Crippen LogP contribution in [0.15, 0.2) is 18.3 Å². The molecule has 1 heterocycles. The number of aromatic nitrogens is 1. The van der Waals surface area contributed by atoms with E-state index in [0.717, 1.165) is 18.7 Å². The molecule has 0 N–H and O–H groups in total. The number of rotatable bonds is 2. The predicted octanol–water partition coefficient (Wildman–Crippen LogP) is 1.72. The van der Waals surface area contributed by atoms with Gasteiger partial charge in [-0.25, -0.2) is 0 Å². The first-order valence-corrected chi connectivity index (χ1v) is 3.97. The Morgan fingerprint density at radius 3 is 3.36 bits per heavy atom. The summed E-state index contributed by atoms with van der Waals surface area (Å²) in [6.07, 6.45) is 3.14. The summed E-state index contributed by atoms with van der Waals surface area (Å²) in [5, 5.41) is 0. The van der Waals surface area contributed by atoms with Gasteiger partial charge in [-0.3, -0.25) is 4.98 Å². The summed E-state index contributed by atoms with van der Waals surface area (Å²) in [6, 6.07) is 4.08. The smallest absolute Gasteiger partial charge is 0.104 e. The van der Waals surface area contributed by atoms with E-state index in [2.05, 4.69) is 11.1 Å². The Balaban J connectivity index is 2.16. The Kier molecular flexibility index (Phi) is 1.62. The molecule has 0 fully saturated rings. The van der Waals surface area contributed by atoms with Gasteiger partial charge in [-0.2, -0.15) is 0 Å². The van der Waals surface area contributed by atoms with E-state index in [4.69, 9.17) is 4.74 Å². The maximum atomic E-state index is 5.44. The van der Waals surface area contributed by atoms with Crippen LogP contribution >= 0.6 is 0 Å². The average Bonchev–Trinajstić information content (AvgIpc) is 2.01. The molecule has 1 aromatic heterocycles. The van der Waals surface area contributed by atoms with Gasteiger partial charge in [-0.15, -0.1) is 0 Å². The molecule has 0 bridgehead atoms. The summed E-state index contributed by atoms with van der Waals surface area (Å²) >= 11 is 0. The van der Waals surface area contributed by atoms with Crippen molar-refractivity contribution in [3.8, 4) is 0 Å². The maximum absolute atomic E-state index is 5.44. The fourth-order valence-electron chi connectivity index (χ4n) is 1.42. The topological polar surface area (TPSA) is 22.1 Å². The Morgan fingerprint density at radius 2 is 2.64 bits per heavy atom. The van der Waals surface area contributed by atoms with Crippen LogP contribution in [-0.4, -0.2) is 11.6 Å². The molecule has 1 aliphatic carbocycles. The number of hydrogen-bond acceptors (Lipinski definition) is 2. The van der Waals surface area contributed by atoms with Gasteiger partial charge in [0, 0.05) is 19.2 Å². The quantitative estimate of drug-likeness (QED) is 0.638. The molecule has 58 valence electrons. The van der Waals surface area contributed by atoms with Crippen LogP contribution in [0.4, 0.5) is 0 Å². The van der Waals surface area contributed by atoms with Gasteiger partial charge >= 0.3 is 0 Å². The third-order valence-corrected chi connectivity index (χ3v) is 2.00. The minimum Gasteiger partial charge on any atom is -0.372 e. The molecule has 0 saturated heterocycles. The molecule has 2 rings (SSSR count). The Labute approximate surface area is 66.2 Å². The van der Waals surface area contributed by atoms with Gasteiger partial charge in [0.2, 0.25) is 0 Å². The number of ether oxygens (including phenoxy) is 1. The van der Waals surface area contributed by atoms with Crippen molar-refractivity contribution < 1.29 is 4.74 Å². The van der Waals surface area contributed by atoms with Gasteiger partial charge in [0.25, 0.3) is 0 Å². The molecule has 0 amide bonds. The molecule has 0 radical (unpaired) electrons. The van der Waals surface area contributed by atoms with Crippen molar-refractivity contribution in [1.29, 1.82) is 0 Å². The fraction of sp³-hybridized carbons (Fsp3) is 0.444. The van der Waals surface area contributed by atoms with Gasteiger partial charge in [0.15, 0.2) is 0 Å². The van der Waals surface area contributed by atoms with E-state index in [1.54, 1.807) is 0 Å². The fourth-order valence-corrected chi connectivity index (χ4v) is 1.42. The van der Waals surface area contributed by atoms with Crippen LogP contribution in [0.25, 0.3) is 0 Å². The van der Waals surface area contributed by atoms with Crippen LogP contribution in [0.3, 0.4) is 0 Å². The van der Waals surface area contributed by atoms with Crippen LogP contribution in [0, 0.1) is 0 Å². The van der Waals surface area contributed by atoms with Gasteiger partial charge in [-0.05, 0) is 18.6 Å². The minimum atomic E-state index is 0.274. The summed E-state index contributed by atoms with van der Waals surface area (Å²) in [6.45, 7) is 2.79. The monoisotopic (exact) mass is 149 g/mol. The van der Waals surface area contributed by atoms with Crippen molar-refractivity contribution in [3.63, 3.8) is 0 Å². The largest absolute Gasteiger partial charge is 0.372 e. The normalized spacial score (nSPS) is 20.6. The Bertz CT molecular complexity index is 259. The van der Waals surface area contributed by atoms with Crippen LogP contribution in [0.2, 0.25) is 0 Å². The SMILES string of the molecule is CCOC1Cc2cccnc21. The lowest BCUT2D eigenvalue weighted by Crippen LogP contribution is -2.21. The van der Waals surface area contributed by atoms with E-state index < -0.39 is 0 Å². The lowest BCUT2D eigenvalue weighted by atomic mass is 9.91. The van der Waals surface area contributed by atoms with E-state index in [9.17, 15) is 0 Å². The van der Waals surface area contributed by atoms with Crippen molar-refractivity contribution in [1.82, 2.24) is 4.98 Å². The molecule has 1 atom stereocenters. The van der Waals surface area contributed by atoms with Gasteiger partial charge in [-0.1, -0.05) is 6.07 Å². The van der Waals surface area contributed by atoms with E-state index >= 15 is 0 Å². The van der Waals surface area contributed by atoms with Gasteiger partial charge in [0.1, 0.15) is 6.10 Å². The molecule has 0 saturated carbocycles. The molecule has 2 heteroatoms. The molecule has 1 aliphatic rings. The van der Waals surface area contributed by atoms with Crippen molar-refractivity contribution in [3.05, 3.63) is 29.6 Å². The highest BCUT2D eigenvalue weighted by molar-refractivity contribution is 5.31. The van der Waals surface area contributed by atoms with Crippen LogP contribution in [-0.2, 0) is 11.2 Å². The zero-order chi connectivity index (χ0) is 7.68. The highest BCUT2D eigenvalue weighted by atomic mass is 16.5. The van der Waals surface area contributed by atoms with Crippen LogP contribution in [0.5, 0.6) is 0 Å². The molecule has 0 spiro atoms. The Hall–Kier alpha value is -0.890. The number of fused-ring (bicyclic) bond motifs is 1. The van der Waals surface area contributed by atoms with Crippen molar-refractivity contribution in [2.24, 2.45) is 0 Å². The van der Waals surface area contributed by atoms with E-state index in [-0.39, 0.29) is 6.10 Å². The summed E-state index contributed by atoms with van der Waals surface area (Å²) in [5.74, 6) is 0. The first-order chi connectivity index (χ1) is 5.42. The molecular formula is C9H11NO. The highest BCUT2D eigenvalue weighted by Gasteiger charge is 2.27. The van der Waals surface area contributed by atoms with Crippen LogP contribution < -0.4 is 0 Å². The highest BCUT2D eigenvalue weighted by Crippen LogP contribution is 2.33. The van der Waals surface area contributed by atoms with Gasteiger partial charge < -0.3 is 4.74 Å². The molecule has 1 unspecified atom stereocenters. The van der Waals surface area contributed by atoms with Crippen molar-refractivity contribution in [2.45, 2.75) is 19.4 Å². The summed E-state index contributed by atoms with van der Waals surface area (Å²) in [5.41, 5.74) is 2.47. The van der Waals surface area contributed by atoms with Gasteiger partial charge in [0.05, 0.1) is 5.69 Å². The molecule has 0 aliphatic heterocycles. The van der Waals surface area contributed by atoms with E-state index in [0.29, 0.717) is 0 Å². The maximum Gasteiger partial charge on any atom is 0.104 e. The predicted molar refractivity (Wildman–Crippen MR) is 42.3 cm³/mol. The third-order valence-electron chi connectivity index (χ3n) is 2.00. The molecule has 0 aromatic carbocycles. The lowest BCUT2D eigenvalue weighted by Gasteiger charge is -2.27. The number of hydrogen-bond donors (Lipinski definition) is 0. The summed E-state index contributed by atoms with van der Waals surface area (Å²) in [4.78, 5) is 4.24. The molecule has 2 nitrogen and oxygen atoms in total. The standard InChI is InChI=1S/C9H11NO/c1-2-11-8-6-7-4-3-5-10-9(7)8/h3-5,8H,2,6H2,1H3. The third kappa shape index (κ3) is 1.03. The first kappa shape index (κ1) is 6.80. The van der Waals surface area contributed by atoms with E-state index in [1.807, 2.05) is 19.2 Å². The molecule has 1 aromatic rings. The average molecular weight is 149 g/mol. The summed E-state index contributed by atoms with van der Waals surface area (Å²) in [7, 11) is 0. The minimum absolute atomic E-state index is 0.274. The van der Waals surface area contributed by atoms with E-state index in [1.165, 1.54) is 5.56 Å². The lowest BCUT2D eigenvalue weighted by molar-refractivity contribution is 0.0423. The molecule has 11 heavy (non-hydrogen) atoms. The summed E-state index contributed by atoms with van der Waals surface area (Å²) < 4.78 is 5.44. The van der Waals surface area contributed by atoms with Crippen molar-refractivity contribution in [2.75, 3.05) is 6.61 Å². The van der Waals surface area contributed by atoms with Crippen LogP contribution in [0.1, 0.15) is 24.3 Å². The second-order valence-corrected chi connectivity index (χ2v) is 2.70. The van der Waals surface area contributed by atoms with Crippen molar-refractivity contribution >= 4 is 0 Å². The second-order valence-electron chi connectivity index (χ2n) is 2.70.